The van der Waals surface area contributed by atoms with Crippen LogP contribution in [0.1, 0.15) is 17.3 Å². The number of nitrogens with one attached hydrogen (secondary N) is 1. The normalized spacial score (nSPS) is 15.0. The smallest absolute Gasteiger partial charge is 0.0861 e. The van der Waals surface area contributed by atoms with Gasteiger partial charge in [0.05, 0.1) is 28.6 Å². The highest BCUT2D eigenvalue weighted by Gasteiger charge is 2.18. The lowest BCUT2D eigenvalue weighted by Gasteiger charge is -2.22. The molecule has 0 amide bonds. The van der Waals surface area contributed by atoms with Crippen molar-refractivity contribution in [2.24, 2.45) is 0 Å². The molecule has 3 heteroatoms. The van der Waals surface area contributed by atoms with Gasteiger partial charge in [0.2, 0.25) is 0 Å². The number of allylic oxidation sites excluding steroid dienone is 2. The van der Waals surface area contributed by atoms with Crippen molar-refractivity contribution in [3.8, 4) is 11.3 Å². The lowest BCUT2D eigenvalue weighted by atomic mass is 9.92. The Morgan fingerprint density at radius 1 is 0.575 bits per heavy atom. The number of fused-ring (bicyclic) bond motifs is 8. The molecule has 1 aliphatic rings. The van der Waals surface area contributed by atoms with Crippen LogP contribution in [0, 0.1) is 0 Å². The van der Waals surface area contributed by atoms with E-state index in [0.29, 0.717) is 0 Å². The Morgan fingerprint density at radius 3 is 1.93 bits per heavy atom. The maximum Gasteiger partial charge on any atom is 0.0861 e. The monoisotopic (exact) mass is 511 g/mol. The predicted molar refractivity (Wildman–Crippen MR) is 167 cm³/mol. The molecule has 188 valence electrons. The largest absolute Gasteiger partial charge is 0.373 e. The summed E-state index contributed by atoms with van der Waals surface area (Å²) in [5, 5.41) is 12.2. The van der Waals surface area contributed by atoms with Crippen molar-refractivity contribution in [1.29, 1.82) is 0 Å². The van der Waals surface area contributed by atoms with Gasteiger partial charge >= 0.3 is 0 Å². The fourth-order valence-electron chi connectivity index (χ4n) is 6.06. The molecule has 3 nitrogen and oxygen atoms in total. The van der Waals surface area contributed by atoms with E-state index >= 15 is 0 Å². The zero-order chi connectivity index (χ0) is 26.5. The number of aromatic nitrogens is 2. The van der Waals surface area contributed by atoms with Gasteiger partial charge in [0, 0.05) is 27.9 Å². The van der Waals surface area contributed by atoms with Gasteiger partial charge in [-0.15, -0.1) is 0 Å². The topological polar surface area (TPSA) is 37.8 Å². The Hall–Kier alpha value is -5.28. The highest BCUT2D eigenvalue weighted by molar-refractivity contribution is 6.31. The highest BCUT2D eigenvalue weighted by Crippen LogP contribution is 2.40. The Balaban J connectivity index is 1.28. The summed E-state index contributed by atoms with van der Waals surface area (Å²) in [6.07, 6.45) is 8.19. The minimum atomic E-state index is 0.0765. The molecule has 3 heterocycles. The van der Waals surface area contributed by atoms with Crippen molar-refractivity contribution >= 4 is 48.9 Å². The van der Waals surface area contributed by atoms with Crippen LogP contribution in [0.2, 0.25) is 0 Å². The lowest BCUT2D eigenvalue weighted by molar-refractivity contribution is 0.760. The van der Waals surface area contributed by atoms with Gasteiger partial charge in [0.1, 0.15) is 0 Å². The second kappa shape index (κ2) is 9.18. The van der Waals surface area contributed by atoms with Crippen molar-refractivity contribution in [3.05, 3.63) is 151 Å². The number of hydrogen-bond acceptors (Lipinski definition) is 3. The Labute approximate surface area is 232 Å². The number of nitrogens with zero attached hydrogens (tertiary/aromatic N) is 2. The van der Waals surface area contributed by atoms with E-state index in [2.05, 4.69) is 126 Å². The molecule has 0 fully saturated rings. The van der Waals surface area contributed by atoms with Crippen LogP contribution in [0.25, 0.3) is 60.2 Å². The van der Waals surface area contributed by atoms with Crippen LogP contribution in [0.15, 0.2) is 140 Å². The zero-order valence-electron chi connectivity index (χ0n) is 21.8. The summed E-state index contributed by atoms with van der Waals surface area (Å²) in [6, 6.07) is 40.9. The van der Waals surface area contributed by atoms with Crippen molar-refractivity contribution in [3.63, 3.8) is 0 Å². The number of pyridine rings is 2. The van der Waals surface area contributed by atoms with Crippen molar-refractivity contribution in [2.75, 3.05) is 0 Å². The maximum atomic E-state index is 5.40. The lowest BCUT2D eigenvalue weighted by Crippen LogP contribution is -2.20. The molecule has 0 saturated carbocycles. The summed E-state index contributed by atoms with van der Waals surface area (Å²) in [6.45, 7) is 0. The first-order valence-electron chi connectivity index (χ1n) is 13.6. The molecule has 1 unspecified atom stereocenters. The Bertz CT molecular complexity index is 2120. The molecule has 0 aliphatic carbocycles. The van der Waals surface area contributed by atoms with Crippen LogP contribution >= 0.6 is 0 Å². The quantitative estimate of drug-likeness (QED) is 0.241. The van der Waals surface area contributed by atoms with Gasteiger partial charge in [0.15, 0.2) is 0 Å². The van der Waals surface area contributed by atoms with E-state index in [4.69, 9.17) is 4.98 Å². The predicted octanol–water partition coefficient (Wildman–Crippen LogP) is 9.00. The van der Waals surface area contributed by atoms with E-state index < -0.39 is 0 Å². The molecular weight excluding hydrogens is 486 g/mol. The second-order valence-electron chi connectivity index (χ2n) is 10.2. The second-order valence-corrected chi connectivity index (χ2v) is 10.2. The molecule has 0 bridgehead atoms. The molecule has 7 aromatic rings. The molecular formula is C37H25N3. The van der Waals surface area contributed by atoms with E-state index in [1.807, 2.05) is 24.4 Å². The van der Waals surface area contributed by atoms with E-state index in [0.717, 1.165) is 28.2 Å². The SMILES string of the molecule is C1=CC(c2ccc(-c3nc4c5ccccc5c5ccccc5c4c4ccccc34)cc2)NC(c2ccccn2)=C1. The first kappa shape index (κ1) is 22.7. The van der Waals surface area contributed by atoms with E-state index in [9.17, 15) is 0 Å². The molecule has 40 heavy (non-hydrogen) atoms. The fraction of sp³-hybridized carbons (Fsp3) is 0.0270. The third-order valence-corrected chi connectivity index (χ3v) is 7.94. The number of hydrogen-bond donors (Lipinski definition) is 1. The first-order chi connectivity index (χ1) is 19.8. The molecule has 1 aliphatic heterocycles. The van der Waals surface area contributed by atoms with Gasteiger partial charge in [-0.1, -0.05) is 115 Å². The van der Waals surface area contributed by atoms with E-state index in [-0.39, 0.29) is 6.04 Å². The Kier molecular flexibility index (Phi) is 5.20. The fourth-order valence-corrected chi connectivity index (χ4v) is 6.06. The molecule has 0 radical (unpaired) electrons. The first-order valence-corrected chi connectivity index (χ1v) is 13.6. The molecule has 1 N–H and O–H groups in total. The maximum absolute atomic E-state index is 5.40. The summed E-state index contributed by atoms with van der Waals surface area (Å²) >= 11 is 0. The van der Waals surface area contributed by atoms with Gasteiger partial charge in [-0.25, -0.2) is 4.98 Å². The van der Waals surface area contributed by atoms with Gasteiger partial charge in [-0.2, -0.15) is 0 Å². The zero-order valence-corrected chi connectivity index (χ0v) is 21.8. The van der Waals surface area contributed by atoms with Crippen LogP contribution in [-0.2, 0) is 0 Å². The molecule has 0 spiro atoms. The van der Waals surface area contributed by atoms with Crippen molar-refractivity contribution < 1.29 is 0 Å². The van der Waals surface area contributed by atoms with Gasteiger partial charge < -0.3 is 5.32 Å². The van der Waals surface area contributed by atoms with Crippen LogP contribution in [0.5, 0.6) is 0 Å². The average molecular weight is 512 g/mol. The van der Waals surface area contributed by atoms with E-state index in [1.54, 1.807) is 0 Å². The van der Waals surface area contributed by atoms with Crippen LogP contribution < -0.4 is 5.32 Å². The average Bonchev–Trinajstić information content (AvgIpc) is 3.05. The minimum absolute atomic E-state index is 0.0765. The van der Waals surface area contributed by atoms with Crippen LogP contribution in [-0.4, -0.2) is 9.97 Å². The van der Waals surface area contributed by atoms with Gasteiger partial charge in [-0.05, 0) is 45.3 Å². The molecule has 8 rings (SSSR count). The van der Waals surface area contributed by atoms with Gasteiger partial charge in [0.25, 0.3) is 0 Å². The summed E-state index contributed by atoms with van der Waals surface area (Å²) in [4.78, 5) is 9.90. The van der Waals surface area contributed by atoms with Crippen LogP contribution in [0.4, 0.5) is 0 Å². The highest BCUT2D eigenvalue weighted by atomic mass is 15.0. The summed E-state index contributed by atoms with van der Waals surface area (Å²) in [5.74, 6) is 0. The third-order valence-electron chi connectivity index (χ3n) is 7.94. The van der Waals surface area contributed by atoms with E-state index in [1.165, 1.54) is 43.3 Å². The standard InChI is InChI=1S/C37H25N3/c1-3-12-28-26(10-1)27-11-2-5-14-30(27)37-35(28)29-13-4-6-15-31(29)36(40-37)25-21-19-24(20-22-25)32-17-9-18-34(39-32)33-16-7-8-23-38-33/h1-23,32,39H. The number of dihydropyridines is 1. The Morgan fingerprint density at radius 2 is 1.20 bits per heavy atom. The number of benzene rings is 5. The number of rotatable bonds is 3. The van der Waals surface area contributed by atoms with Crippen molar-refractivity contribution in [2.45, 2.75) is 6.04 Å². The molecule has 0 saturated heterocycles. The summed E-state index contributed by atoms with van der Waals surface area (Å²) < 4.78 is 0. The van der Waals surface area contributed by atoms with Gasteiger partial charge in [-0.3, -0.25) is 4.98 Å². The summed E-state index contributed by atoms with van der Waals surface area (Å²) in [7, 11) is 0. The van der Waals surface area contributed by atoms with Crippen molar-refractivity contribution in [1.82, 2.24) is 15.3 Å². The van der Waals surface area contributed by atoms with Crippen LogP contribution in [0.3, 0.4) is 0 Å². The molecule has 5 aromatic carbocycles. The third kappa shape index (κ3) is 3.59. The summed E-state index contributed by atoms with van der Waals surface area (Å²) in [5.41, 5.74) is 6.34. The molecule has 1 atom stereocenters. The molecule has 2 aromatic heterocycles. The minimum Gasteiger partial charge on any atom is -0.373 e.